The highest BCUT2D eigenvalue weighted by molar-refractivity contribution is 7.86. The molecule has 0 heterocycles. The summed E-state index contributed by atoms with van der Waals surface area (Å²) >= 11 is -1.79. The summed E-state index contributed by atoms with van der Waals surface area (Å²) in [5.41, 5.74) is 4.11. The first kappa shape index (κ1) is 26.6. The standard InChI is InChI=1S/C25H36O5S2/c1-14(2)19-11-21(16(5)6)25(22(12-19)17(7)8)31(26)30-23-13-20(15(3)4)24(10-18(23)9)32(27,28)29/h10-17H,1-9H3,(H,27,28,29). The van der Waals surface area contributed by atoms with Crippen LogP contribution in [0.1, 0.15) is 107 Å². The molecule has 32 heavy (non-hydrogen) atoms. The molecule has 178 valence electrons. The molecule has 0 radical (unpaired) electrons. The molecular weight excluding hydrogens is 444 g/mol. The maximum Gasteiger partial charge on any atom is 0.294 e. The van der Waals surface area contributed by atoms with E-state index in [9.17, 15) is 17.2 Å². The minimum absolute atomic E-state index is 0.143. The molecule has 1 N–H and O–H groups in total. The maximum absolute atomic E-state index is 13.6. The van der Waals surface area contributed by atoms with E-state index in [1.54, 1.807) is 13.0 Å². The van der Waals surface area contributed by atoms with Gasteiger partial charge in [-0.15, -0.1) is 0 Å². The van der Waals surface area contributed by atoms with E-state index in [1.807, 2.05) is 13.8 Å². The van der Waals surface area contributed by atoms with Crippen LogP contribution in [0, 0.1) is 6.92 Å². The van der Waals surface area contributed by atoms with Crippen molar-refractivity contribution in [3.05, 3.63) is 52.1 Å². The van der Waals surface area contributed by atoms with Crippen LogP contribution in [-0.4, -0.2) is 17.2 Å². The van der Waals surface area contributed by atoms with Crippen molar-refractivity contribution < 1.29 is 21.4 Å². The van der Waals surface area contributed by atoms with E-state index in [0.717, 1.165) is 11.1 Å². The fourth-order valence-electron chi connectivity index (χ4n) is 3.65. The molecule has 0 aromatic heterocycles. The largest absolute Gasteiger partial charge is 0.397 e. The van der Waals surface area contributed by atoms with Gasteiger partial charge in [-0.1, -0.05) is 67.5 Å². The number of benzene rings is 2. The lowest BCUT2D eigenvalue weighted by atomic mass is 9.89. The van der Waals surface area contributed by atoms with Gasteiger partial charge in [0.2, 0.25) is 11.1 Å². The molecular formula is C25H36O5S2. The lowest BCUT2D eigenvalue weighted by molar-refractivity contribution is 0.481. The second-order valence-electron chi connectivity index (χ2n) is 9.60. The molecule has 0 saturated heterocycles. The summed E-state index contributed by atoms with van der Waals surface area (Å²) in [6, 6.07) is 7.19. The maximum atomic E-state index is 13.6. The first-order valence-electron chi connectivity index (χ1n) is 11.0. The van der Waals surface area contributed by atoms with Crippen molar-refractivity contribution in [2.75, 3.05) is 0 Å². The van der Waals surface area contributed by atoms with E-state index in [2.05, 4.69) is 53.7 Å². The second kappa shape index (κ2) is 10.1. The van der Waals surface area contributed by atoms with Crippen molar-refractivity contribution in [3.63, 3.8) is 0 Å². The average Bonchev–Trinajstić information content (AvgIpc) is 2.66. The lowest BCUT2D eigenvalue weighted by Crippen LogP contribution is -2.13. The summed E-state index contributed by atoms with van der Waals surface area (Å²) in [6.45, 7) is 17.9. The monoisotopic (exact) mass is 480 g/mol. The van der Waals surface area contributed by atoms with E-state index >= 15 is 0 Å². The molecule has 5 nitrogen and oxygen atoms in total. The molecule has 2 aromatic carbocycles. The lowest BCUT2D eigenvalue weighted by Gasteiger charge is -2.22. The number of aryl methyl sites for hydroxylation is 1. The topological polar surface area (TPSA) is 80.7 Å². The zero-order valence-electron chi connectivity index (χ0n) is 20.5. The van der Waals surface area contributed by atoms with Gasteiger partial charge in [0.05, 0.1) is 9.79 Å². The Labute approximate surface area is 196 Å². The van der Waals surface area contributed by atoms with Gasteiger partial charge in [-0.05, 0) is 70.5 Å². The van der Waals surface area contributed by atoms with E-state index < -0.39 is 21.2 Å². The van der Waals surface area contributed by atoms with Gasteiger partial charge in [-0.2, -0.15) is 8.42 Å². The van der Waals surface area contributed by atoms with Crippen LogP contribution in [0.15, 0.2) is 34.1 Å². The zero-order chi connectivity index (χ0) is 24.5. The number of hydrogen-bond donors (Lipinski definition) is 1. The molecule has 2 aromatic rings. The van der Waals surface area contributed by atoms with Crippen LogP contribution in [0.4, 0.5) is 0 Å². The molecule has 0 amide bonds. The van der Waals surface area contributed by atoms with Crippen LogP contribution < -0.4 is 4.18 Å². The molecule has 0 spiro atoms. The average molecular weight is 481 g/mol. The minimum atomic E-state index is -4.38. The molecule has 7 heteroatoms. The molecule has 0 aliphatic rings. The zero-order valence-corrected chi connectivity index (χ0v) is 22.1. The Kier molecular flexibility index (Phi) is 8.35. The highest BCUT2D eigenvalue weighted by Gasteiger charge is 2.25. The molecule has 0 bridgehead atoms. The predicted molar refractivity (Wildman–Crippen MR) is 131 cm³/mol. The van der Waals surface area contributed by atoms with Crippen LogP contribution in [0.25, 0.3) is 0 Å². The van der Waals surface area contributed by atoms with Crippen molar-refractivity contribution in [3.8, 4) is 5.75 Å². The summed E-state index contributed by atoms with van der Waals surface area (Å²) in [4.78, 5) is 0.541. The summed E-state index contributed by atoms with van der Waals surface area (Å²) in [6.07, 6.45) is 0. The fraction of sp³-hybridized carbons (Fsp3) is 0.520. The molecule has 0 aliphatic heterocycles. The highest BCUT2D eigenvalue weighted by Crippen LogP contribution is 2.37. The summed E-state index contributed by atoms with van der Waals surface area (Å²) < 4.78 is 52.9. The van der Waals surface area contributed by atoms with E-state index in [1.165, 1.54) is 11.6 Å². The summed E-state index contributed by atoms with van der Waals surface area (Å²) in [5, 5.41) is 0. The van der Waals surface area contributed by atoms with Crippen molar-refractivity contribution in [2.24, 2.45) is 0 Å². The van der Waals surface area contributed by atoms with E-state index in [-0.39, 0.29) is 22.6 Å². The Morgan fingerprint density at radius 3 is 1.62 bits per heavy atom. The van der Waals surface area contributed by atoms with Crippen LogP contribution in [0.2, 0.25) is 0 Å². The van der Waals surface area contributed by atoms with Crippen molar-refractivity contribution in [1.82, 2.24) is 0 Å². The van der Waals surface area contributed by atoms with Crippen LogP contribution in [-0.2, 0) is 21.2 Å². The number of hydrogen-bond acceptors (Lipinski definition) is 4. The van der Waals surface area contributed by atoms with Gasteiger partial charge in [-0.25, -0.2) is 4.21 Å². The third kappa shape index (κ3) is 5.80. The molecule has 1 atom stereocenters. The van der Waals surface area contributed by atoms with Gasteiger partial charge in [0.15, 0.2) is 0 Å². The second-order valence-corrected chi connectivity index (χ2v) is 12.0. The van der Waals surface area contributed by atoms with Gasteiger partial charge < -0.3 is 4.18 Å². The van der Waals surface area contributed by atoms with Crippen LogP contribution >= 0.6 is 0 Å². The third-order valence-corrected chi connectivity index (χ3v) is 7.66. The summed E-state index contributed by atoms with van der Waals surface area (Å²) in [5.74, 6) is 0.825. The smallest absolute Gasteiger partial charge is 0.294 e. The Bertz CT molecular complexity index is 1080. The Balaban J connectivity index is 2.66. The minimum Gasteiger partial charge on any atom is -0.397 e. The predicted octanol–water partition coefficient (Wildman–Crippen LogP) is 6.84. The van der Waals surface area contributed by atoms with Crippen molar-refractivity contribution in [2.45, 2.75) is 95.8 Å². The fourth-order valence-corrected chi connectivity index (χ4v) is 5.97. The van der Waals surface area contributed by atoms with E-state index in [0.29, 0.717) is 27.7 Å². The highest BCUT2D eigenvalue weighted by atomic mass is 32.2. The summed E-state index contributed by atoms with van der Waals surface area (Å²) in [7, 11) is -4.38. The van der Waals surface area contributed by atoms with E-state index in [4.69, 9.17) is 4.18 Å². The molecule has 0 fully saturated rings. The normalized spacial score (nSPS) is 13.4. The Morgan fingerprint density at radius 2 is 1.25 bits per heavy atom. The molecule has 0 saturated carbocycles. The Morgan fingerprint density at radius 1 is 0.781 bits per heavy atom. The first-order chi connectivity index (χ1) is 14.6. The van der Waals surface area contributed by atoms with Crippen LogP contribution in [0.5, 0.6) is 5.75 Å². The molecule has 0 aliphatic carbocycles. The first-order valence-corrected chi connectivity index (χ1v) is 13.6. The van der Waals surface area contributed by atoms with Gasteiger partial charge >= 0.3 is 0 Å². The molecule has 1 unspecified atom stereocenters. The van der Waals surface area contributed by atoms with Crippen molar-refractivity contribution >= 4 is 21.2 Å². The third-order valence-electron chi connectivity index (χ3n) is 5.62. The SMILES string of the molecule is Cc1cc(S(=O)(=O)O)c(C(C)C)cc1OS(=O)c1c(C(C)C)cc(C(C)C)cc1C(C)C. The van der Waals surface area contributed by atoms with Gasteiger partial charge in [-0.3, -0.25) is 4.55 Å². The number of rotatable bonds is 8. The van der Waals surface area contributed by atoms with Gasteiger partial charge in [0.1, 0.15) is 5.75 Å². The molecule has 2 rings (SSSR count). The quantitative estimate of drug-likeness (QED) is 0.419. The van der Waals surface area contributed by atoms with Gasteiger partial charge in [0.25, 0.3) is 10.1 Å². The van der Waals surface area contributed by atoms with Crippen molar-refractivity contribution in [1.29, 1.82) is 0 Å². The van der Waals surface area contributed by atoms with Gasteiger partial charge in [0, 0.05) is 0 Å². The van der Waals surface area contributed by atoms with Crippen LogP contribution in [0.3, 0.4) is 0 Å². The Hall–Kier alpha value is -1.70.